The van der Waals surface area contributed by atoms with E-state index < -0.39 is 12.1 Å². The van der Waals surface area contributed by atoms with E-state index in [-0.39, 0.29) is 36.8 Å². The van der Waals surface area contributed by atoms with Gasteiger partial charge < -0.3 is 19.3 Å². The summed E-state index contributed by atoms with van der Waals surface area (Å²) in [7, 11) is 0. The zero-order valence-electron chi connectivity index (χ0n) is 19.4. The van der Waals surface area contributed by atoms with Crippen LogP contribution in [0.4, 0.5) is 0 Å². The lowest BCUT2D eigenvalue weighted by atomic mass is 10.1. The molecule has 0 radical (unpaired) electrons. The Labute approximate surface area is 195 Å². The standard InChI is InChI=1S/C25H34N2O6/c1-2-32-24(30)20-12-8-16-26(20)22(28)14-6-7-15-23(29)27-17-9-13-21(27)25(31)33-18-19-10-4-3-5-11-19/h3-5,10-11,20-21H,2,6-9,12-18H2,1H3/t20-,21-/m1/s1. The second kappa shape index (κ2) is 12.4. The molecule has 0 bridgehead atoms. The van der Waals surface area contributed by atoms with Crippen molar-refractivity contribution in [2.24, 2.45) is 0 Å². The number of esters is 2. The minimum atomic E-state index is -0.530. The summed E-state index contributed by atoms with van der Waals surface area (Å²) < 4.78 is 10.5. The minimum Gasteiger partial charge on any atom is -0.464 e. The van der Waals surface area contributed by atoms with E-state index in [0.717, 1.165) is 18.4 Å². The van der Waals surface area contributed by atoms with Crippen molar-refractivity contribution in [3.05, 3.63) is 35.9 Å². The molecule has 0 aliphatic carbocycles. The molecule has 0 aromatic heterocycles. The molecule has 2 aliphatic rings. The van der Waals surface area contributed by atoms with Crippen molar-refractivity contribution < 1.29 is 28.7 Å². The van der Waals surface area contributed by atoms with Crippen LogP contribution in [-0.4, -0.2) is 65.3 Å². The maximum absolute atomic E-state index is 12.7. The Balaban J connectivity index is 1.39. The number of hydrogen-bond donors (Lipinski definition) is 0. The van der Waals surface area contributed by atoms with Crippen LogP contribution in [0.15, 0.2) is 30.3 Å². The Morgan fingerprint density at radius 3 is 1.85 bits per heavy atom. The molecule has 0 saturated carbocycles. The number of unbranched alkanes of at least 4 members (excludes halogenated alkanes) is 1. The first-order chi connectivity index (χ1) is 16.0. The van der Waals surface area contributed by atoms with E-state index >= 15 is 0 Å². The van der Waals surface area contributed by atoms with Gasteiger partial charge in [-0.15, -0.1) is 0 Å². The van der Waals surface area contributed by atoms with Gasteiger partial charge in [-0.25, -0.2) is 9.59 Å². The summed E-state index contributed by atoms with van der Waals surface area (Å²) in [5, 5.41) is 0. The molecule has 3 rings (SSSR count). The zero-order valence-corrected chi connectivity index (χ0v) is 19.4. The molecule has 1 aromatic rings. The quantitative estimate of drug-likeness (QED) is 0.395. The fourth-order valence-electron chi connectivity index (χ4n) is 4.52. The first-order valence-electron chi connectivity index (χ1n) is 12.0. The van der Waals surface area contributed by atoms with E-state index in [1.807, 2.05) is 30.3 Å². The van der Waals surface area contributed by atoms with E-state index in [1.54, 1.807) is 16.7 Å². The summed E-state index contributed by atoms with van der Waals surface area (Å²) in [6.07, 6.45) is 4.53. The van der Waals surface area contributed by atoms with Gasteiger partial charge in [-0.05, 0) is 51.0 Å². The average molecular weight is 459 g/mol. The summed E-state index contributed by atoms with van der Waals surface area (Å²) in [6, 6.07) is 8.45. The summed E-state index contributed by atoms with van der Waals surface area (Å²) in [5.41, 5.74) is 0.912. The maximum atomic E-state index is 12.7. The molecule has 8 nitrogen and oxygen atoms in total. The van der Waals surface area contributed by atoms with Gasteiger partial charge in [-0.1, -0.05) is 30.3 Å². The molecule has 8 heteroatoms. The van der Waals surface area contributed by atoms with E-state index in [4.69, 9.17) is 9.47 Å². The third kappa shape index (κ3) is 6.79. The van der Waals surface area contributed by atoms with Crippen LogP contribution >= 0.6 is 0 Å². The van der Waals surface area contributed by atoms with Crippen molar-refractivity contribution in [3.8, 4) is 0 Å². The second-order valence-electron chi connectivity index (χ2n) is 8.54. The number of amides is 2. The lowest BCUT2D eigenvalue weighted by Crippen LogP contribution is -2.41. The maximum Gasteiger partial charge on any atom is 0.329 e. The van der Waals surface area contributed by atoms with E-state index in [1.165, 1.54) is 0 Å². The third-order valence-corrected chi connectivity index (χ3v) is 6.23. The lowest BCUT2D eigenvalue weighted by molar-refractivity contribution is -0.154. The number of hydrogen-bond acceptors (Lipinski definition) is 6. The number of nitrogens with zero attached hydrogens (tertiary/aromatic N) is 2. The smallest absolute Gasteiger partial charge is 0.329 e. The Bertz CT molecular complexity index is 827. The molecule has 180 valence electrons. The van der Waals surface area contributed by atoms with Crippen molar-refractivity contribution in [1.29, 1.82) is 0 Å². The minimum absolute atomic E-state index is 0.0680. The van der Waals surface area contributed by atoms with Gasteiger partial charge in [0.1, 0.15) is 18.7 Å². The first kappa shape index (κ1) is 24.7. The molecule has 0 unspecified atom stereocenters. The topological polar surface area (TPSA) is 93.2 Å². The third-order valence-electron chi connectivity index (χ3n) is 6.23. The number of rotatable bonds is 10. The second-order valence-corrected chi connectivity index (χ2v) is 8.54. The van der Waals surface area contributed by atoms with Gasteiger partial charge in [0.25, 0.3) is 0 Å². The number of ether oxygens (including phenoxy) is 2. The van der Waals surface area contributed by atoms with Gasteiger partial charge in [-0.3, -0.25) is 9.59 Å². The SMILES string of the molecule is CCOC(=O)[C@H]1CCCN1C(=O)CCCCC(=O)N1CCC[C@@H]1C(=O)OCc1ccccc1. The van der Waals surface area contributed by atoms with Gasteiger partial charge in [-0.2, -0.15) is 0 Å². The molecular formula is C25H34N2O6. The summed E-state index contributed by atoms with van der Waals surface area (Å²) >= 11 is 0. The van der Waals surface area contributed by atoms with Crippen LogP contribution < -0.4 is 0 Å². The molecule has 2 aliphatic heterocycles. The van der Waals surface area contributed by atoms with E-state index in [9.17, 15) is 19.2 Å². The molecule has 2 atom stereocenters. The van der Waals surface area contributed by atoms with Crippen LogP contribution in [0.25, 0.3) is 0 Å². The predicted molar refractivity (Wildman–Crippen MR) is 121 cm³/mol. The molecule has 0 spiro atoms. The highest BCUT2D eigenvalue weighted by Crippen LogP contribution is 2.22. The Morgan fingerprint density at radius 1 is 0.818 bits per heavy atom. The largest absolute Gasteiger partial charge is 0.464 e. The van der Waals surface area contributed by atoms with Crippen molar-refractivity contribution in [2.45, 2.75) is 77.0 Å². The molecule has 0 N–H and O–H groups in total. The van der Waals surface area contributed by atoms with Gasteiger partial charge in [0.05, 0.1) is 6.61 Å². The monoisotopic (exact) mass is 458 g/mol. The van der Waals surface area contributed by atoms with Gasteiger partial charge in [0.2, 0.25) is 11.8 Å². The fraction of sp³-hybridized carbons (Fsp3) is 0.600. The van der Waals surface area contributed by atoms with Gasteiger partial charge in [0.15, 0.2) is 0 Å². The first-order valence-corrected chi connectivity index (χ1v) is 12.0. The summed E-state index contributed by atoms with van der Waals surface area (Å²) in [4.78, 5) is 53.1. The Kier molecular flexibility index (Phi) is 9.27. The number of carbonyl (C=O) groups is 4. The molecular weight excluding hydrogens is 424 g/mol. The van der Waals surface area contributed by atoms with Crippen LogP contribution in [-0.2, 0) is 35.3 Å². The summed E-state index contributed by atoms with van der Waals surface area (Å²) in [6.45, 7) is 3.38. The van der Waals surface area contributed by atoms with Crippen LogP contribution in [0, 0.1) is 0 Å². The summed E-state index contributed by atoms with van der Waals surface area (Å²) in [5.74, 6) is -0.842. The van der Waals surface area contributed by atoms with Crippen molar-refractivity contribution >= 4 is 23.8 Å². The highest BCUT2D eigenvalue weighted by atomic mass is 16.5. The van der Waals surface area contributed by atoms with E-state index in [2.05, 4.69) is 0 Å². The van der Waals surface area contributed by atoms with Crippen LogP contribution in [0.5, 0.6) is 0 Å². The highest BCUT2D eigenvalue weighted by Gasteiger charge is 2.36. The lowest BCUT2D eigenvalue weighted by Gasteiger charge is -2.24. The van der Waals surface area contributed by atoms with Gasteiger partial charge >= 0.3 is 11.9 Å². The molecule has 2 fully saturated rings. The van der Waals surface area contributed by atoms with Crippen molar-refractivity contribution in [1.82, 2.24) is 9.80 Å². The number of likely N-dealkylation sites (tertiary alicyclic amines) is 2. The fourth-order valence-corrected chi connectivity index (χ4v) is 4.52. The van der Waals surface area contributed by atoms with Crippen molar-refractivity contribution in [3.63, 3.8) is 0 Å². The Hall–Kier alpha value is -2.90. The molecule has 2 heterocycles. The normalized spacial score (nSPS) is 20.0. The number of benzene rings is 1. The predicted octanol–water partition coefficient (Wildman–Crippen LogP) is 2.84. The van der Waals surface area contributed by atoms with Crippen LogP contribution in [0.3, 0.4) is 0 Å². The molecule has 2 saturated heterocycles. The molecule has 1 aromatic carbocycles. The van der Waals surface area contributed by atoms with Gasteiger partial charge in [0, 0.05) is 25.9 Å². The Morgan fingerprint density at radius 2 is 1.33 bits per heavy atom. The molecule has 2 amide bonds. The number of carbonyl (C=O) groups excluding carboxylic acids is 4. The van der Waals surface area contributed by atoms with E-state index in [0.29, 0.717) is 51.8 Å². The van der Waals surface area contributed by atoms with Crippen LogP contribution in [0.2, 0.25) is 0 Å². The van der Waals surface area contributed by atoms with Crippen molar-refractivity contribution in [2.75, 3.05) is 19.7 Å². The molecule has 33 heavy (non-hydrogen) atoms. The average Bonchev–Trinajstić information content (AvgIpc) is 3.51. The van der Waals surface area contributed by atoms with Crippen LogP contribution in [0.1, 0.15) is 63.9 Å². The highest BCUT2D eigenvalue weighted by molar-refractivity contribution is 5.86. The zero-order chi connectivity index (χ0) is 23.6.